The summed E-state index contributed by atoms with van der Waals surface area (Å²) in [6.45, 7) is 4.54. The maximum Gasteiger partial charge on any atom is 0.407 e. The number of fused-ring (bicyclic) bond motifs is 1. The van der Waals surface area contributed by atoms with Gasteiger partial charge in [-0.15, -0.1) is 0 Å². The van der Waals surface area contributed by atoms with Crippen LogP contribution in [0.4, 0.5) is 15.3 Å². The molecule has 0 radical (unpaired) electrons. The van der Waals surface area contributed by atoms with Crippen molar-refractivity contribution in [2.24, 2.45) is 11.3 Å². The first-order chi connectivity index (χ1) is 21.7. The van der Waals surface area contributed by atoms with Crippen molar-refractivity contribution in [2.75, 3.05) is 52.7 Å². The highest BCUT2D eigenvalue weighted by atomic mass is 32.2. The molecule has 2 heterocycles. The van der Waals surface area contributed by atoms with Gasteiger partial charge in [0, 0.05) is 39.4 Å². The van der Waals surface area contributed by atoms with Crippen LogP contribution in [0.1, 0.15) is 32.3 Å². The van der Waals surface area contributed by atoms with E-state index < -0.39 is 46.1 Å². The molecule has 4 rings (SSSR count). The van der Waals surface area contributed by atoms with Crippen LogP contribution in [0.3, 0.4) is 0 Å². The van der Waals surface area contributed by atoms with Gasteiger partial charge in [-0.25, -0.2) is 18.0 Å². The number of aliphatic hydroxyl groups excluding tert-OH is 1. The summed E-state index contributed by atoms with van der Waals surface area (Å²) in [5.41, 5.74) is 6.44. The maximum atomic E-state index is 14.1. The first-order valence-electron chi connectivity index (χ1n) is 15.5. The molecule has 5 N–H and O–H groups in total. The lowest BCUT2D eigenvalue weighted by molar-refractivity contribution is -0.0907. The fourth-order valence-corrected chi connectivity index (χ4v) is 7.35. The number of hydrogen-bond acceptors (Lipinski definition) is 9. The number of carbonyl (C=O) groups is 2. The monoisotopic (exact) mass is 661 g/mol. The average Bonchev–Trinajstić information content (AvgIpc) is 3.62. The molecular formula is C32H47N5O8S. The molecule has 254 valence electrons. The lowest BCUT2D eigenvalue weighted by atomic mass is 9.89. The minimum absolute atomic E-state index is 0.0158. The molecule has 2 saturated heterocycles. The number of sulfonamides is 1. The second kappa shape index (κ2) is 15.4. The third-order valence-electron chi connectivity index (χ3n) is 8.28. The summed E-state index contributed by atoms with van der Waals surface area (Å²) in [6.07, 6.45) is -1.55. The zero-order chi connectivity index (χ0) is 33.5. The van der Waals surface area contributed by atoms with Crippen LogP contribution in [-0.2, 0) is 30.7 Å². The molecule has 2 aromatic carbocycles. The number of urea groups is 1. The standard InChI is InChI=1S/C32H47N5O8S/c1-32(2,14-15-34-30(39)36(3)4)21-37(46(41,42)24-12-8-11-23(33)18-24)19-27(38)26(17-22-9-6-5-7-10-22)35-31(40)45-28-20-44-29-25(28)13-16-43-29/h5-12,18,25-29,38H,13-17,19-21,33H2,1-4H3,(H,34,39)(H,35,40)/t25-,26-,27+,28-,29+/m0/s1. The fraction of sp³-hybridized carbons (Fsp3) is 0.562. The number of rotatable bonds is 14. The van der Waals surface area contributed by atoms with E-state index >= 15 is 0 Å². The summed E-state index contributed by atoms with van der Waals surface area (Å²) in [7, 11) is -0.871. The van der Waals surface area contributed by atoms with Gasteiger partial charge in [0.2, 0.25) is 10.0 Å². The molecule has 2 aromatic rings. The summed E-state index contributed by atoms with van der Waals surface area (Å²) in [6, 6.07) is 14.1. The van der Waals surface area contributed by atoms with Gasteiger partial charge in [-0.2, -0.15) is 4.31 Å². The van der Waals surface area contributed by atoms with Crippen LogP contribution in [0.2, 0.25) is 0 Å². The summed E-state index contributed by atoms with van der Waals surface area (Å²) in [5, 5.41) is 17.3. The van der Waals surface area contributed by atoms with Crippen LogP contribution in [0.15, 0.2) is 59.5 Å². The summed E-state index contributed by atoms with van der Waals surface area (Å²) >= 11 is 0. The topological polar surface area (TPSA) is 173 Å². The van der Waals surface area contributed by atoms with Crippen LogP contribution in [0.25, 0.3) is 0 Å². The Bertz CT molecular complexity index is 1420. The highest BCUT2D eigenvalue weighted by Gasteiger charge is 2.44. The first-order valence-corrected chi connectivity index (χ1v) is 16.9. The van der Waals surface area contributed by atoms with Crippen molar-refractivity contribution in [3.05, 3.63) is 60.2 Å². The number of nitrogens with zero attached hydrogens (tertiary/aromatic N) is 2. The Labute approximate surface area is 271 Å². The highest BCUT2D eigenvalue weighted by molar-refractivity contribution is 7.89. The van der Waals surface area contributed by atoms with Crippen molar-refractivity contribution in [3.8, 4) is 0 Å². The summed E-state index contributed by atoms with van der Waals surface area (Å²) in [5.74, 6) is -0.0630. The number of ether oxygens (including phenoxy) is 3. The molecule has 3 amide bonds. The lowest BCUT2D eigenvalue weighted by Crippen LogP contribution is -2.52. The number of alkyl carbamates (subject to hydrolysis) is 1. The number of carbonyl (C=O) groups excluding carboxylic acids is 2. The van der Waals surface area contributed by atoms with E-state index in [4.69, 9.17) is 19.9 Å². The Kier molecular flexibility index (Phi) is 11.9. The highest BCUT2D eigenvalue weighted by Crippen LogP contribution is 2.33. The van der Waals surface area contributed by atoms with E-state index in [9.17, 15) is 23.1 Å². The normalized spacial score (nSPS) is 21.0. The smallest absolute Gasteiger partial charge is 0.407 e. The third-order valence-corrected chi connectivity index (χ3v) is 10.1. The zero-order valence-electron chi connectivity index (χ0n) is 26.9. The van der Waals surface area contributed by atoms with Crippen LogP contribution in [0, 0.1) is 11.3 Å². The van der Waals surface area contributed by atoms with Gasteiger partial charge in [-0.3, -0.25) is 0 Å². The van der Waals surface area contributed by atoms with E-state index in [1.807, 2.05) is 44.2 Å². The quantitative estimate of drug-likeness (QED) is 0.222. The SMILES string of the molecule is CN(C)C(=O)NCCC(C)(C)CN(C[C@@H](O)[C@H](Cc1ccccc1)NC(=O)O[C@H]1CO[C@H]2OCC[C@H]21)S(=O)(=O)c1cccc(N)c1. The molecule has 0 bridgehead atoms. The van der Waals surface area contributed by atoms with E-state index in [2.05, 4.69) is 10.6 Å². The molecule has 46 heavy (non-hydrogen) atoms. The minimum Gasteiger partial charge on any atom is -0.443 e. The maximum absolute atomic E-state index is 14.1. The summed E-state index contributed by atoms with van der Waals surface area (Å²) in [4.78, 5) is 26.6. The molecule has 0 unspecified atom stereocenters. The number of nitrogens with two attached hydrogens (primary N) is 1. The van der Waals surface area contributed by atoms with Crippen LogP contribution >= 0.6 is 0 Å². The predicted octanol–water partition coefficient (Wildman–Crippen LogP) is 2.41. The molecule has 0 saturated carbocycles. The third kappa shape index (κ3) is 9.55. The zero-order valence-corrected chi connectivity index (χ0v) is 27.7. The average molecular weight is 662 g/mol. The lowest BCUT2D eigenvalue weighted by Gasteiger charge is -2.35. The molecule has 0 aliphatic carbocycles. The molecule has 2 fully saturated rings. The molecule has 2 aliphatic heterocycles. The Morgan fingerprint density at radius 1 is 1.13 bits per heavy atom. The van der Waals surface area contributed by atoms with Crippen molar-refractivity contribution in [3.63, 3.8) is 0 Å². The predicted molar refractivity (Wildman–Crippen MR) is 172 cm³/mol. The number of amides is 3. The molecule has 13 nitrogen and oxygen atoms in total. The molecule has 14 heteroatoms. The Balaban J connectivity index is 1.55. The second-order valence-electron chi connectivity index (χ2n) is 12.9. The van der Waals surface area contributed by atoms with Crippen molar-refractivity contribution >= 4 is 27.8 Å². The van der Waals surface area contributed by atoms with Crippen LogP contribution in [0.5, 0.6) is 0 Å². The van der Waals surface area contributed by atoms with E-state index in [0.29, 0.717) is 26.0 Å². The molecule has 5 atom stereocenters. The molecule has 2 aliphatic rings. The minimum atomic E-state index is -4.15. The van der Waals surface area contributed by atoms with Crippen LogP contribution < -0.4 is 16.4 Å². The van der Waals surface area contributed by atoms with Gasteiger partial charge in [0.15, 0.2) is 6.29 Å². The number of nitrogen functional groups attached to an aromatic ring is 1. The van der Waals surface area contributed by atoms with Crippen molar-refractivity contribution < 1.29 is 37.3 Å². The fourth-order valence-electron chi connectivity index (χ4n) is 5.65. The number of nitrogens with one attached hydrogen (secondary N) is 2. The number of benzene rings is 2. The van der Waals surface area contributed by atoms with Gasteiger partial charge in [-0.1, -0.05) is 50.2 Å². The molecular weight excluding hydrogens is 614 g/mol. The number of hydrogen-bond donors (Lipinski definition) is 4. The van der Waals surface area contributed by atoms with Gasteiger partial charge >= 0.3 is 12.1 Å². The van der Waals surface area contributed by atoms with Gasteiger partial charge in [-0.05, 0) is 48.4 Å². The van der Waals surface area contributed by atoms with Crippen LogP contribution in [-0.4, -0.2) is 106 Å². The van der Waals surface area contributed by atoms with Crippen molar-refractivity contribution in [2.45, 2.75) is 62.5 Å². The number of aliphatic hydroxyl groups is 1. The Morgan fingerprint density at radius 3 is 2.57 bits per heavy atom. The Hall–Kier alpha value is -3.43. The van der Waals surface area contributed by atoms with Crippen molar-refractivity contribution in [1.29, 1.82) is 0 Å². The van der Waals surface area contributed by atoms with E-state index in [0.717, 1.165) is 5.56 Å². The van der Waals surface area contributed by atoms with Gasteiger partial charge in [0.25, 0.3) is 0 Å². The first kappa shape index (κ1) is 35.4. The number of anilines is 1. The van der Waals surface area contributed by atoms with Crippen molar-refractivity contribution in [1.82, 2.24) is 19.8 Å². The Morgan fingerprint density at radius 2 is 1.87 bits per heavy atom. The van der Waals surface area contributed by atoms with E-state index in [-0.39, 0.29) is 48.6 Å². The largest absolute Gasteiger partial charge is 0.443 e. The van der Waals surface area contributed by atoms with Gasteiger partial charge in [0.1, 0.15) is 6.10 Å². The molecule has 0 spiro atoms. The summed E-state index contributed by atoms with van der Waals surface area (Å²) < 4.78 is 46.2. The second-order valence-corrected chi connectivity index (χ2v) is 14.8. The van der Waals surface area contributed by atoms with E-state index in [1.54, 1.807) is 26.2 Å². The van der Waals surface area contributed by atoms with Gasteiger partial charge in [0.05, 0.1) is 36.2 Å². The molecule has 0 aromatic heterocycles. The van der Waals surface area contributed by atoms with Gasteiger partial charge < -0.3 is 40.6 Å². The van der Waals surface area contributed by atoms with E-state index in [1.165, 1.54) is 21.3 Å².